The first-order valence-electron chi connectivity index (χ1n) is 29.3. The molecule has 1 atom stereocenters. The quantitative estimate of drug-likeness (QED) is 0.171. The molecule has 19 rings (SSSR count). The lowest BCUT2D eigenvalue weighted by molar-refractivity contribution is 0.583. The van der Waals surface area contributed by atoms with Crippen LogP contribution in [0.15, 0.2) is 250 Å². The predicted molar refractivity (Wildman–Crippen MR) is 352 cm³/mol. The molecule has 0 fully saturated rings. The molecule has 0 amide bonds. The molecule has 15 aromatic rings. The molecule has 4 aliphatic rings. The molecule has 2 aliphatic heterocycles. The number of para-hydroxylation sites is 1. The monoisotopic (exact) mass is 1120 g/mol. The second kappa shape index (κ2) is 17.2. The first-order chi connectivity index (χ1) is 41.7. The van der Waals surface area contributed by atoms with Crippen LogP contribution >= 0.6 is 23.5 Å². The molecule has 0 N–H and O–H groups in total. The van der Waals surface area contributed by atoms with Crippen molar-refractivity contribution in [2.24, 2.45) is 0 Å². The highest BCUT2D eigenvalue weighted by Gasteiger charge is 2.40. The topological polar surface area (TPSA) is 56.5 Å². The Hall–Kier alpha value is -9.66. The van der Waals surface area contributed by atoms with Crippen molar-refractivity contribution in [1.82, 2.24) is 24.5 Å². The van der Waals surface area contributed by atoms with Crippen LogP contribution in [0.2, 0.25) is 0 Å². The van der Waals surface area contributed by atoms with Crippen LogP contribution in [-0.2, 0) is 17.3 Å². The minimum Gasteiger partial charge on any atom is -0.278 e. The molecule has 85 heavy (non-hydrogen) atoms. The fourth-order valence-corrected chi connectivity index (χ4v) is 17.6. The maximum absolute atomic E-state index is 5.52. The molecule has 5 heterocycles. The van der Waals surface area contributed by atoms with E-state index in [4.69, 9.17) is 19.9 Å². The van der Waals surface area contributed by atoms with Gasteiger partial charge in [0.05, 0.1) is 33.5 Å². The van der Waals surface area contributed by atoms with E-state index >= 15 is 0 Å². The summed E-state index contributed by atoms with van der Waals surface area (Å²) in [6.07, 6.45) is 0.851. The van der Waals surface area contributed by atoms with Crippen LogP contribution in [0, 0.1) is 0 Å². The van der Waals surface area contributed by atoms with Gasteiger partial charge in [0, 0.05) is 68.6 Å². The summed E-state index contributed by atoms with van der Waals surface area (Å²) < 4.78 is 2.27. The molecular formula is C78H49N5S2. The second-order valence-corrected chi connectivity index (χ2v) is 26.4. The Kier molecular flexibility index (Phi) is 9.69. The van der Waals surface area contributed by atoms with E-state index in [-0.39, 0.29) is 10.8 Å². The Balaban J connectivity index is 0.688. The maximum atomic E-state index is 5.52. The zero-order valence-corrected chi connectivity index (χ0v) is 48.3. The third-order valence-corrected chi connectivity index (χ3v) is 21.6. The molecule has 0 saturated heterocycles. The fourth-order valence-electron chi connectivity index (χ4n) is 15.2. The van der Waals surface area contributed by atoms with Gasteiger partial charge in [0.25, 0.3) is 0 Å². The summed E-state index contributed by atoms with van der Waals surface area (Å²) in [5.41, 5.74) is 23.4. The number of rotatable bonds is 5. The molecule has 398 valence electrons. The van der Waals surface area contributed by atoms with E-state index in [1.54, 1.807) is 0 Å². The molecule has 2 aliphatic carbocycles. The lowest BCUT2D eigenvalue weighted by Crippen LogP contribution is -2.23. The van der Waals surface area contributed by atoms with Gasteiger partial charge in [-0.3, -0.25) is 4.57 Å². The number of hydrogen-bond acceptors (Lipinski definition) is 6. The van der Waals surface area contributed by atoms with Crippen LogP contribution in [0.1, 0.15) is 48.6 Å². The number of fused-ring (bicyclic) bond motifs is 17. The van der Waals surface area contributed by atoms with Crippen LogP contribution in [0.5, 0.6) is 0 Å². The average molecular weight is 1120 g/mol. The smallest absolute Gasteiger partial charge is 0.235 e. The first kappa shape index (κ1) is 47.8. The van der Waals surface area contributed by atoms with E-state index in [1.807, 2.05) is 23.5 Å². The van der Waals surface area contributed by atoms with Crippen LogP contribution < -0.4 is 0 Å². The van der Waals surface area contributed by atoms with E-state index in [9.17, 15) is 0 Å². The maximum Gasteiger partial charge on any atom is 0.235 e. The van der Waals surface area contributed by atoms with Crippen molar-refractivity contribution < 1.29 is 0 Å². The molecule has 0 bridgehead atoms. The lowest BCUT2D eigenvalue weighted by atomic mass is 9.75. The molecule has 1 unspecified atom stereocenters. The van der Waals surface area contributed by atoms with Gasteiger partial charge in [-0.1, -0.05) is 214 Å². The Morgan fingerprint density at radius 3 is 1.78 bits per heavy atom. The number of benzene rings is 12. The summed E-state index contributed by atoms with van der Waals surface area (Å²) >= 11 is 3.69. The number of aromatic nitrogens is 5. The Morgan fingerprint density at radius 2 is 0.965 bits per heavy atom. The first-order valence-corrected chi connectivity index (χ1v) is 30.9. The third kappa shape index (κ3) is 6.68. The van der Waals surface area contributed by atoms with Gasteiger partial charge in [0.1, 0.15) is 0 Å². The predicted octanol–water partition coefficient (Wildman–Crippen LogP) is 20.4. The van der Waals surface area contributed by atoms with Crippen molar-refractivity contribution in [2.75, 3.05) is 0 Å². The van der Waals surface area contributed by atoms with Crippen LogP contribution in [0.4, 0.5) is 0 Å². The van der Waals surface area contributed by atoms with Gasteiger partial charge in [-0.05, 0) is 150 Å². The summed E-state index contributed by atoms with van der Waals surface area (Å²) in [5, 5.41) is 9.56. The highest BCUT2D eigenvalue weighted by molar-refractivity contribution is 8.00. The molecule has 0 radical (unpaired) electrons. The van der Waals surface area contributed by atoms with Gasteiger partial charge in [-0.15, -0.1) is 0 Å². The summed E-state index contributed by atoms with van der Waals surface area (Å²) in [5.74, 6) is 1.44. The number of nitrogens with zero attached hydrogens (tertiary/aromatic N) is 5. The zero-order valence-electron chi connectivity index (χ0n) is 46.7. The fraction of sp³-hybridized carbons (Fsp3) is 0.0769. The number of hydrogen-bond donors (Lipinski definition) is 0. The van der Waals surface area contributed by atoms with Crippen molar-refractivity contribution >= 4 is 88.7 Å². The molecule has 3 aromatic heterocycles. The minimum atomic E-state index is -0.268. The summed E-state index contributed by atoms with van der Waals surface area (Å²) in [7, 11) is 0. The largest absolute Gasteiger partial charge is 0.278 e. The summed E-state index contributed by atoms with van der Waals surface area (Å²) in [6.45, 7) is 7.12. The molecule has 0 saturated carbocycles. The van der Waals surface area contributed by atoms with Crippen molar-refractivity contribution in [3.63, 3.8) is 0 Å². The average Bonchev–Trinajstić information content (AvgIpc) is 2.03. The zero-order chi connectivity index (χ0) is 56.0. The van der Waals surface area contributed by atoms with Crippen LogP contribution in [-0.4, -0.2) is 24.5 Å². The van der Waals surface area contributed by atoms with Crippen molar-refractivity contribution in [2.45, 2.75) is 57.6 Å². The Labute approximate surface area is 499 Å². The normalized spacial score (nSPS) is 15.6. The van der Waals surface area contributed by atoms with Gasteiger partial charge in [0.2, 0.25) is 5.95 Å². The summed E-state index contributed by atoms with van der Waals surface area (Å²) in [4.78, 5) is 26.5. The van der Waals surface area contributed by atoms with Gasteiger partial charge < -0.3 is 0 Å². The van der Waals surface area contributed by atoms with Gasteiger partial charge in [-0.2, -0.15) is 0 Å². The Bertz CT molecular complexity index is 5540. The van der Waals surface area contributed by atoms with Gasteiger partial charge in [0.15, 0.2) is 5.82 Å². The summed E-state index contributed by atoms with van der Waals surface area (Å²) in [6, 6.07) is 85.5. The second-order valence-electron chi connectivity index (χ2n) is 24.3. The van der Waals surface area contributed by atoms with E-state index in [2.05, 4.69) is 256 Å². The molecule has 5 nitrogen and oxygen atoms in total. The molecule has 12 aromatic carbocycles. The Morgan fingerprint density at radius 1 is 0.376 bits per heavy atom. The van der Waals surface area contributed by atoms with E-state index in [0.29, 0.717) is 5.95 Å². The van der Waals surface area contributed by atoms with Crippen LogP contribution in [0.25, 0.3) is 138 Å². The van der Waals surface area contributed by atoms with E-state index < -0.39 is 0 Å². The third-order valence-electron chi connectivity index (χ3n) is 19.2. The SMILES string of the molecule is CC1(C)c2ccccc2-c2ccc(-c3nc4c5c(cccc5n3)Sc3c-4ccc4ccc(CC5(C)c6ccccc6-c6cc(-c7ccc8c(c7)c7ccccc7n8-c7nc8c9c(cccc9n7)Sc7c-8ccc8ccccc78)ccc65)cc34)cc21. The minimum absolute atomic E-state index is 0.118. The highest BCUT2D eigenvalue weighted by Crippen LogP contribution is 2.56. The molecule has 0 spiro atoms. The van der Waals surface area contributed by atoms with Crippen molar-refractivity contribution in [1.29, 1.82) is 0 Å². The van der Waals surface area contributed by atoms with Gasteiger partial charge in [-0.25, -0.2) is 19.9 Å². The molecule has 7 heteroatoms. The van der Waals surface area contributed by atoms with E-state index in [0.717, 1.165) is 67.6 Å². The van der Waals surface area contributed by atoms with E-state index in [1.165, 1.54) is 119 Å². The van der Waals surface area contributed by atoms with Crippen LogP contribution in [0.3, 0.4) is 0 Å². The van der Waals surface area contributed by atoms with Gasteiger partial charge >= 0.3 is 0 Å². The highest BCUT2D eigenvalue weighted by atomic mass is 32.2. The van der Waals surface area contributed by atoms with Crippen molar-refractivity contribution in [3.05, 3.63) is 258 Å². The molecular weight excluding hydrogens is 1070 g/mol. The lowest BCUT2D eigenvalue weighted by Gasteiger charge is -2.28. The standard InChI is InChI=1S/C78H49N5S2/c1-77(2)59-19-9-6-16-50(59)52-33-30-48(41-62(52)77)75-79-63-21-12-24-67-69(63)71(81-75)54-35-29-45-27-26-43(38-56(45)74(54)85-67)42-78(3)60-20-10-7-17-51(60)57-39-46(31-36-61(57)78)47-32-37-66-58(40-47)53-18-8-11-23-65(53)83(66)76-80-64-22-13-25-68-70(64)72(82-76)55-34-28-44-14-4-5-15-49(44)73(55)84-68/h4-41H,42H2,1-3H3. The van der Waals surface area contributed by atoms with Crippen molar-refractivity contribution in [3.8, 4) is 73.2 Å².